The standard InChI is InChI=1S/C26H48O4.C25H40O4.C20H38O6.C19H30O4S.C13H24O4/c1-7-26(5,6)29-24(27)19-23-14-12-22(13-15-23)18-21-10-8-20(9-11-21)16-17-28-30-25(2,3)4;1-8-25(6,7)27-23(26)15-10-9-13-21-16-18-22(19-17-21)14-11-12-20(2)28-29-24(3,4)5;1-10-19(6,7)24-16(21)14-15(12-13-23-26-18(3,4)5)17(22)25-20(8,9)11-2;1-8-19(6,7)21-17(20)12-11-15-9-10-16(24-15)13-14(2)22-23-18(3,4)5;1-7-12(3,4)16-10(14)9-11(15)17-13(5,6)8-2/h20-23H,7-19H2,1-6H3;16-19H,2,8-15H2,1,3-7H3;15H,10-14H2,1-9H3;9-10H,2,8,11-13H2,1,3-7H3;7-9H2,1-6H3. The van der Waals surface area contributed by atoms with Crippen molar-refractivity contribution in [2.45, 2.75) is 489 Å². The number of rotatable bonds is 49. The van der Waals surface area contributed by atoms with Crippen molar-refractivity contribution < 1.29 is 106 Å². The number of unbranched alkanes of at least 4 members (excludes halogenated alkanes) is 1. The van der Waals surface area contributed by atoms with Gasteiger partial charge in [-0.2, -0.15) is 9.78 Å². The molecule has 0 radical (unpaired) electrons. The molecule has 0 bridgehead atoms. The third kappa shape index (κ3) is 63.9. The van der Waals surface area contributed by atoms with E-state index in [0.717, 1.165) is 91.7 Å². The Morgan fingerprint density at radius 1 is 0.357 bits per heavy atom. The monoisotopic (exact) mass is 1800 g/mol. The lowest BCUT2D eigenvalue weighted by molar-refractivity contribution is -0.349. The lowest BCUT2D eigenvalue weighted by Gasteiger charge is -2.34. The zero-order valence-corrected chi connectivity index (χ0v) is 86.3. The number of hydrogen-bond donors (Lipinski definition) is 0. The highest BCUT2D eigenvalue weighted by Crippen LogP contribution is 2.41. The van der Waals surface area contributed by atoms with Crippen LogP contribution in [0.3, 0.4) is 0 Å². The minimum Gasteiger partial charge on any atom is -0.460 e. The van der Waals surface area contributed by atoms with E-state index in [1.165, 1.54) is 68.9 Å². The molecule has 2 aliphatic carbocycles. The summed E-state index contributed by atoms with van der Waals surface area (Å²) in [5.41, 5.74) is -2.00. The van der Waals surface area contributed by atoms with Gasteiger partial charge in [-0.05, 0) is 343 Å². The predicted molar refractivity (Wildman–Crippen MR) is 504 cm³/mol. The van der Waals surface area contributed by atoms with Crippen molar-refractivity contribution in [3.05, 3.63) is 82.0 Å². The van der Waals surface area contributed by atoms with E-state index < -0.39 is 57.8 Å². The Kier molecular flexibility index (Phi) is 55.3. The maximum atomic E-state index is 12.6. The molecular formula is C103H180O22S. The summed E-state index contributed by atoms with van der Waals surface area (Å²) in [6.07, 6.45) is 26.6. The molecule has 0 spiro atoms. The van der Waals surface area contributed by atoms with Crippen LogP contribution in [-0.4, -0.2) is 117 Å². The topological polar surface area (TPSA) is 258 Å². The maximum Gasteiger partial charge on any atom is 0.317 e. The molecule has 1 atom stereocenters. The van der Waals surface area contributed by atoms with Crippen LogP contribution >= 0.6 is 11.3 Å². The Balaban J connectivity index is 0.00000157. The molecule has 1 aromatic carbocycles. The molecule has 22 nitrogen and oxygen atoms in total. The highest BCUT2D eigenvalue weighted by atomic mass is 32.1. The Bertz CT molecular complexity index is 3390. The second-order valence-corrected chi connectivity index (χ2v) is 43.8. The van der Waals surface area contributed by atoms with E-state index in [2.05, 4.69) is 44.3 Å². The van der Waals surface area contributed by atoms with Crippen LogP contribution in [0, 0.1) is 29.6 Å². The number of thiophene rings is 1. The average molecular weight is 1800 g/mol. The summed E-state index contributed by atoms with van der Waals surface area (Å²) >= 11 is 1.66. The number of carbonyl (C=O) groups excluding carboxylic acids is 7. The molecule has 1 unspecified atom stereocenters. The molecule has 23 heteroatoms. The van der Waals surface area contributed by atoms with Gasteiger partial charge in [-0.25, -0.2) is 19.6 Å². The first kappa shape index (κ1) is 120. The SMILES string of the molecule is C=C(CCCc1ccc(CCCCC(=O)OC(C)(C)CC)cc1)OOC(C)(C)C.C=C(Cc1ccc(CCC(=O)OC(C)(C)CC)s1)OOC(C)(C)C.CCC(C)(C)OC(=O)CC(=O)OC(C)(C)CC.CCC(C)(C)OC(=O)CC(CCOOC(C)(C)C)C(=O)OC(C)(C)CC.CCC(C)(C)OC(=O)CC1CCC(CC2CCC(CCOOC(C)(C)C)CC2)CC1. The number of benzene rings is 1. The summed E-state index contributed by atoms with van der Waals surface area (Å²) in [6.45, 7) is 72.2. The molecule has 2 saturated carbocycles. The Labute approximate surface area is 768 Å². The van der Waals surface area contributed by atoms with Crippen LogP contribution < -0.4 is 0 Å². The second-order valence-electron chi connectivity index (χ2n) is 42.5. The summed E-state index contributed by atoms with van der Waals surface area (Å²) < 4.78 is 37.9. The summed E-state index contributed by atoms with van der Waals surface area (Å²) in [6, 6.07) is 12.8. The van der Waals surface area contributed by atoms with Gasteiger partial charge in [0.15, 0.2) is 0 Å². The van der Waals surface area contributed by atoms with Crippen molar-refractivity contribution in [1.29, 1.82) is 0 Å². The molecule has 2 aliphatic rings. The zero-order chi connectivity index (χ0) is 96.8. The van der Waals surface area contributed by atoms with E-state index >= 15 is 0 Å². The van der Waals surface area contributed by atoms with Crippen molar-refractivity contribution in [1.82, 2.24) is 0 Å². The summed E-state index contributed by atoms with van der Waals surface area (Å²) in [4.78, 5) is 128. The number of aryl methyl sites for hydroxylation is 3. The average Bonchev–Trinajstić information content (AvgIpc) is 1.56. The van der Waals surface area contributed by atoms with Gasteiger partial charge in [0.25, 0.3) is 0 Å². The molecule has 4 rings (SSSR count). The van der Waals surface area contributed by atoms with Gasteiger partial charge < -0.3 is 42.9 Å². The quantitative estimate of drug-likeness (QED) is 0.0113. The maximum absolute atomic E-state index is 12.6. The van der Waals surface area contributed by atoms with E-state index in [4.69, 9.17) is 72.3 Å². The van der Waals surface area contributed by atoms with E-state index in [1.807, 2.05) is 234 Å². The zero-order valence-electron chi connectivity index (χ0n) is 85.5. The number of ether oxygens (including phenoxy) is 7. The van der Waals surface area contributed by atoms with Crippen LogP contribution in [0.1, 0.15) is 423 Å². The molecule has 2 aromatic rings. The van der Waals surface area contributed by atoms with Crippen molar-refractivity contribution in [2.75, 3.05) is 13.2 Å². The minimum atomic E-state index is -0.635. The molecule has 730 valence electrons. The van der Waals surface area contributed by atoms with Gasteiger partial charge in [0, 0.05) is 35.4 Å². The molecule has 0 amide bonds. The van der Waals surface area contributed by atoms with Crippen LogP contribution in [0.4, 0.5) is 0 Å². The summed E-state index contributed by atoms with van der Waals surface area (Å²) in [5.74, 6) is 1.58. The van der Waals surface area contributed by atoms with Crippen LogP contribution in [0.15, 0.2) is 61.1 Å². The van der Waals surface area contributed by atoms with E-state index in [-0.39, 0.29) is 71.0 Å². The largest absolute Gasteiger partial charge is 0.460 e. The van der Waals surface area contributed by atoms with E-state index in [0.29, 0.717) is 88.3 Å². The summed E-state index contributed by atoms with van der Waals surface area (Å²) in [7, 11) is 0. The van der Waals surface area contributed by atoms with Crippen LogP contribution in [0.25, 0.3) is 0 Å². The molecule has 0 aliphatic heterocycles. The molecule has 0 saturated heterocycles. The fraction of sp³-hybridized carbons (Fsp3) is 0.796. The van der Waals surface area contributed by atoms with Gasteiger partial charge in [-0.15, -0.1) is 11.3 Å². The lowest BCUT2D eigenvalue weighted by Crippen LogP contribution is -2.34. The Morgan fingerprint density at radius 3 is 1.13 bits per heavy atom. The predicted octanol–water partition coefficient (Wildman–Crippen LogP) is 26.6. The van der Waals surface area contributed by atoms with Crippen molar-refractivity contribution in [2.24, 2.45) is 29.6 Å². The van der Waals surface area contributed by atoms with E-state index in [1.54, 1.807) is 11.3 Å². The van der Waals surface area contributed by atoms with Gasteiger partial charge in [0.2, 0.25) is 0 Å². The Morgan fingerprint density at radius 2 is 0.706 bits per heavy atom. The summed E-state index contributed by atoms with van der Waals surface area (Å²) in [5, 5.41) is 0. The number of hydrogen-bond acceptors (Lipinski definition) is 23. The van der Waals surface area contributed by atoms with Gasteiger partial charge in [0.05, 0.1) is 43.2 Å². The fourth-order valence-electron chi connectivity index (χ4n) is 12.0. The molecule has 1 heterocycles. The molecule has 0 N–H and O–H groups in total. The smallest absolute Gasteiger partial charge is 0.317 e. The van der Waals surface area contributed by atoms with Crippen molar-refractivity contribution >= 4 is 53.1 Å². The van der Waals surface area contributed by atoms with Gasteiger partial charge >= 0.3 is 41.8 Å². The first-order valence-corrected chi connectivity index (χ1v) is 48.1. The normalized spacial score (nSPS) is 16.3. The lowest BCUT2D eigenvalue weighted by atomic mass is 9.72. The first-order valence-electron chi connectivity index (χ1n) is 47.3. The highest BCUT2D eigenvalue weighted by Gasteiger charge is 2.35. The molecular weight excluding hydrogens is 1620 g/mol. The highest BCUT2D eigenvalue weighted by molar-refractivity contribution is 7.12. The third-order valence-electron chi connectivity index (χ3n) is 22.1. The Hall–Kier alpha value is -5.95. The van der Waals surface area contributed by atoms with Crippen LogP contribution in [0.2, 0.25) is 0 Å². The molecule has 1 aromatic heterocycles. The van der Waals surface area contributed by atoms with Gasteiger partial charge in [-0.1, -0.05) is 124 Å². The fourth-order valence-corrected chi connectivity index (χ4v) is 13.1. The molecule has 126 heavy (non-hydrogen) atoms. The van der Waals surface area contributed by atoms with Crippen molar-refractivity contribution in [3.63, 3.8) is 0 Å². The minimum absolute atomic E-state index is 0.000465. The van der Waals surface area contributed by atoms with Gasteiger partial charge in [-0.3, -0.25) is 33.6 Å². The van der Waals surface area contributed by atoms with Gasteiger partial charge in [0.1, 0.15) is 68.3 Å². The third-order valence-corrected chi connectivity index (χ3v) is 23.2. The number of allylic oxidation sites excluding steroid dienone is 2. The molecule has 2 fully saturated rings. The first-order chi connectivity index (χ1) is 57.9. The van der Waals surface area contributed by atoms with E-state index in [9.17, 15) is 33.6 Å². The second kappa shape index (κ2) is 58.1. The number of esters is 7. The van der Waals surface area contributed by atoms with Crippen LogP contribution in [-0.2, 0) is 132 Å². The van der Waals surface area contributed by atoms with Crippen molar-refractivity contribution in [3.8, 4) is 0 Å². The van der Waals surface area contributed by atoms with Crippen LogP contribution in [0.5, 0.6) is 0 Å². The number of carbonyl (C=O) groups is 7.